The van der Waals surface area contributed by atoms with Crippen LogP contribution in [0.15, 0.2) is 0 Å². The summed E-state index contributed by atoms with van der Waals surface area (Å²) in [6, 6.07) is 0. The van der Waals surface area contributed by atoms with Crippen LogP contribution in [-0.2, 0) is 0 Å². The van der Waals surface area contributed by atoms with Gasteiger partial charge in [-0.05, 0) is 37.8 Å². The number of hydrogen-bond acceptors (Lipinski definition) is 2. The average molecular weight is 256 g/mol. The summed E-state index contributed by atoms with van der Waals surface area (Å²) in [7, 11) is 0. The molecular weight excluding hydrogens is 220 g/mol. The first-order valence-corrected chi connectivity index (χ1v) is 8.12. The van der Waals surface area contributed by atoms with E-state index in [2.05, 4.69) is 38.3 Å². The third-order valence-corrected chi connectivity index (χ3v) is 3.57. The van der Waals surface area contributed by atoms with E-state index in [1.165, 1.54) is 51.6 Å². The van der Waals surface area contributed by atoms with Gasteiger partial charge in [0.1, 0.15) is 0 Å². The monoisotopic (exact) mass is 256 g/mol. The SMILES string of the molecule is CCCCC(C)CNCCNCC(C)CCCC. The van der Waals surface area contributed by atoms with Crippen LogP contribution in [0.4, 0.5) is 0 Å². The lowest BCUT2D eigenvalue weighted by molar-refractivity contribution is 0.440. The Balaban J connectivity index is 3.19. The van der Waals surface area contributed by atoms with Crippen LogP contribution < -0.4 is 10.6 Å². The first kappa shape index (κ1) is 17.9. The van der Waals surface area contributed by atoms with E-state index >= 15 is 0 Å². The van der Waals surface area contributed by atoms with E-state index in [1.807, 2.05) is 0 Å². The van der Waals surface area contributed by atoms with Crippen molar-refractivity contribution in [2.45, 2.75) is 66.2 Å². The van der Waals surface area contributed by atoms with Crippen LogP contribution in [0.1, 0.15) is 66.2 Å². The Kier molecular flexibility index (Phi) is 13.3. The summed E-state index contributed by atoms with van der Waals surface area (Å²) in [5.74, 6) is 1.65. The van der Waals surface area contributed by atoms with Crippen LogP contribution in [0, 0.1) is 11.8 Å². The summed E-state index contributed by atoms with van der Waals surface area (Å²) in [4.78, 5) is 0. The number of hydrogen-bond donors (Lipinski definition) is 2. The Morgan fingerprint density at radius 2 is 1.11 bits per heavy atom. The molecule has 0 aliphatic rings. The van der Waals surface area contributed by atoms with Crippen molar-refractivity contribution in [3.63, 3.8) is 0 Å². The molecule has 2 N–H and O–H groups in total. The van der Waals surface area contributed by atoms with Gasteiger partial charge in [0.15, 0.2) is 0 Å². The van der Waals surface area contributed by atoms with Crippen molar-refractivity contribution in [2.24, 2.45) is 11.8 Å². The summed E-state index contributed by atoms with van der Waals surface area (Å²) in [6.45, 7) is 13.8. The van der Waals surface area contributed by atoms with Crippen LogP contribution in [0.2, 0.25) is 0 Å². The van der Waals surface area contributed by atoms with Crippen LogP contribution in [-0.4, -0.2) is 26.2 Å². The molecule has 0 heterocycles. The van der Waals surface area contributed by atoms with Crippen molar-refractivity contribution in [1.82, 2.24) is 10.6 Å². The van der Waals surface area contributed by atoms with Crippen molar-refractivity contribution in [3.05, 3.63) is 0 Å². The highest BCUT2D eigenvalue weighted by molar-refractivity contribution is 4.61. The zero-order valence-corrected chi connectivity index (χ0v) is 13.2. The molecule has 0 radical (unpaired) electrons. The van der Waals surface area contributed by atoms with Crippen molar-refractivity contribution in [3.8, 4) is 0 Å². The van der Waals surface area contributed by atoms with Crippen LogP contribution >= 0.6 is 0 Å². The molecule has 0 aromatic rings. The van der Waals surface area contributed by atoms with Gasteiger partial charge in [-0.2, -0.15) is 0 Å². The van der Waals surface area contributed by atoms with Crippen molar-refractivity contribution in [2.75, 3.05) is 26.2 Å². The Morgan fingerprint density at radius 1 is 0.722 bits per heavy atom. The maximum absolute atomic E-state index is 3.55. The average Bonchev–Trinajstić information content (AvgIpc) is 2.37. The molecule has 2 nitrogen and oxygen atoms in total. The smallest absolute Gasteiger partial charge is 0.00768 e. The highest BCUT2D eigenvalue weighted by Gasteiger charge is 2.01. The van der Waals surface area contributed by atoms with Crippen LogP contribution in [0.25, 0.3) is 0 Å². The van der Waals surface area contributed by atoms with Gasteiger partial charge in [0.05, 0.1) is 0 Å². The van der Waals surface area contributed by atoms with Gasteiger partial charge in [-0.3, -0.25) is 0 Å². The molecule has 2 atom stereocenters. The fourth-order valence-electron chi connectivity index (χ4n) is 2.18. The van der Waals surface area contributed by atoms with Gasteiger partial charge in [0, 0.05) is 13.1 Å². The van der Waals surface area contributed by atoms with E-state index in [9.17, 15) is 0 Å². The Hall–Kier alpha value is -0.0800. The molecule has 0 spiro atoms. The van der Waals surface area contributed by atoms with Crippen molar-refractivity contribution in [1.29, 1.82) is 0 Å². The molecule has 0 amide bonds. The fraction of sp³-hybridized carbons (Fsp3) is 1.00. The minimum atomic E-state index is 0.827. The Morgan fingerprint density at radius 3 is 1.44 bits per heavy atom. The van der Waals surface area contributed by atoms with Crippen LogP contribution in [0.3, 0.4) is 0 Å². The zero-order chi connectivity index (χ0) is 13.6. The second kappa shape index (κ2) is 13.4. The summed E-state index contributed by atoms with van der Waals surface area (Å²) in [6.07, 6.45) is 8.12. The molecule has 2 unspecified atom stereocenters. The highest BCUT2D eigenvalue weighted by Crippen LogP contribution is 2.06. The normalized spacial score (nSPS) is 14.7. The number of unbranched alkanes of at least 4 members (excludes halogenated alkanes) is 2. The van der Waals surface area contributed by atoms with Gasteiger partial charge in [0.25, 0.3) is 0 Å². The predicted octanol–water partition coefficient (Wildman–Crippen LogP) is 3.82. The minimum absolute atomic E-state index is 0.827. The van der Waals surface area contributed by atoms with Gasteiger partial charge in [-0.1, -0.05) is 53.4 Å². The van der Waals surface area contributed by atoms with E-state index in [1.54, 1.807) is 0 Å². The Bertz CT molecular complexity index is 141. The van der Waals surface area contributed by atoms with Gasteiger partial charge in [0.2, 0.25) is 0 Å². The highest BCUT2D eigenvalue weighted by atomic mass is 14.9. The first-order chi connectivity index (χ1) is 8.70. The lowest BCUT2D eigenvalue weighted by Gasteiger charge is -2.14. The largest absolute Gasteiger partial charge is 0.315 e. The van der Waals surface area contributed by atoms with Crippen molar-refractivity contribution < 1.29 is 0 Å². The van der Waals surface area contributed by atoms with Gasteiger partial charge < -0.3 is 10.6 Å². The molecule has 0 aliphatic heterocycles. The predicted molar refractivity (Wildman–Crippen MR) is 83.1 cm³/mol. The van der Waals surface area contributed by atoms with Gasteiger partial charge in [-0.25, -0.2) is 0 Å². The molecule has 0 saturated carbocycles. The maximum atomic E-state index is 3.55. The summed E-state index contributed by atoms with van der Waals surface area (Å²) < 4.78 is 0. The molecule has 0 aromatic heterocycles. The van der Waals surface area contributed by atoms with E-state index in [0.717, 1.165) is 24.9 Å². The third kappa shape index (κ3) is 12.4. The number of nitrogens with one attached hydrogen (secondary N) is 2. The molecule has 18 heavy (non-hydrogen) atoms. The van der Waals surface area contributed by atoms with Gasteiger partial charge in [-0.15, -0.1) is 0 Å². The van der Waals surface area contributed by atoms with Gasteiger partial charge >= 0.3 is 0 Å². The molecule has 0 saturated heterocycles. The fourth-order valence-corrected chi connectivity index (χ4v) is 2.18. The molecule has 2 heteroatoms. The molecule has 0 bridgehead atoms. The minimum Gasteiger partial charge on any atom is -0.315 e. The lowest BCUT2D eigenvalue weighted by atomic mass is 10.0. The van der Waals surface area contributed by atoms with Crippen LogP contribution in [0.5, 0.6) is 0 Å². The summed E-state index contributed by atoms with van der Waals surface area (Å²) in [5, 5.41) is 7.10. The first-order valence-electron chi connectivity index (χ1n) is 8.12. The lowest BCUT2D eigenvalue weighted by Crippen LogP contribution is -2.32. The molecular formula is C16H36N2. The van der Waals surface area contributed by atoms with E-state index in [4.69, 9.17) is 0 Å². The standard InChI is InChI=1S/C16H36N2/c1-5-7-9-15(3)13-17-11-12-18-14-16(4)10-8-6-2/h15-18H,5-14H2,1-4H3. The molecule has 0 aromatic carbocycles. The van der Waals surface area contributed by atoms with E-state index in [-0.39, 0.29) is 0 Å². The summed E-state index contributed by atoms with van der Waals surface area (Å²) in [5.41, 5.74) is 0. The van der Waals surface area contributed by atoms with Crippen molar-refractivity contribution >= 4 is 0 Å². The molecule has 110 valence electrons. The zero-order valence-electron chi connectivity index (χ0n) is 13.2. The quantitative estimate of drug-likeness (QED) is 0.490. The maximum Gasteiger partial charge on any atom is 0.00768 e. The van der Waals surface area contributed by atoms with E-state index < -0.39 is 0 Å². The Labute approximate surface area is 115 Å². The number of rotatable bonds is 13. The van der Waals surface area contributed by atoms with E-state index in [0.29, 0.717) is 0 Å². The molecule has 0 rings (SSSR count). The third-order valence-electron chi connectivity index (χ3n) is 3.57. The topological polar surface area (TPSA) is 24.1 Å². The summed E-state index contributed by atoms with van der Waals surface area (Å²) >= 11 is 0. The molecule has 0 fully saturated rings. The second-order valence-corrected chi connectivity index (χ2v) is 5.90. The second-order valence-electron chi connectivity index (χ2n) is 5.90. The molecule has 0 aliphatic carbocycles.